The predicted octanol–water partition coefficient (Wildman–Crippen LogP) is 1.89. The number of benzene rings is 1. The summed E-state index contributed by atoms with van der Waals surface area (Å²) in [5.41, 5.74) is 0.113. The fraction of sp³-hybridized carbons (Fsp3) is 0.619. The van der Waals surface area contributed by atoms with Crippen LogP contribution in [0.25, 0.3) is 0 Å². The number of carbonyl (C=O) groups excluding carboxylic acids is 2. The van der Waals surface area contributed by atoms with Gasteiger partial charge in [0.25, 0.3) is 5.91 Å². The summed E-state index contributed by atoms with van der Waals surface area (Å²) in [5.74, 6) is -0.120. The van der Waals surface area contributed by atoms with Crippen molar-refractivity contribution >= 4 is 17.5 Å². The first kappa shape index (κ1) is 19.3. The van der Waals surface area contributed by atoms with E-state index in [9.17, 15) is 14.0 Å². The second kappa shape index (κ2) is 7.79. The second-order valence-corrected chi connectivity index (χ2v) is 8.33. The zero-order valence-electron chi connectivity index (χ0n) is 16.4. The predicted molar refractivity (Wildman–Crippen MR) is 103 cm³/mol. The number of amides is 2. The van der Waals surface area contributed by atoms with Crippen LogP contribution in [-0.2, 0) is 14.3 Å². The van der Waals surface area contributed by atoms with Crippen molar-refractivity contribution in [1.82, 2.24) is 9.80 Å². The number of halogens is 1. The molecule has 0 bridgehead atoms. The molecule has 0 saturated carbocycles. The lowest BCUT2D eigenvalue weighted by atomic mass is 9.87. The third-order valence-electron chi connectivity index (χ3n) is 6.42. The van der Waals surface area contributed by atoms with Gasteiger partial charge in [-0.1, -0.05) is 6.07 Å². The first-order valence-corrected chi connectivity index (χ1v) is 10.1. The van der Waals surface area contributed by atoms with Gasteiger partial charge < -0.3 is 19.4 Å². The lowest BCUT2D eigenvalue weighted by molar-refractivity contribution is -0.152. The maximum absolute atomic E-state index is 13.6. The molecule has 3 aliphatic heterocycles. The van der Waals surface area contributed by atoms with Crippen LogP contribution >= 0.6 is 0 Å². The molecular formula is C21H28FN3O3. The summed E-state index contributed by atoms with van der Waals surface area (Å²) in [6.45, 7) is 3.65. The van der Waals surface area contributed by atoms with E-state index < -0.39 is 5.60 Å². The molecule has 3 heterocycles. The lowest BCUT2D eigenvalue weighted by Gasteiger charge is -2.47. The van der Waals surface area contributed by atoms with Crippen molar-refractivity contribution in [2.45, 2.75) is 31.3 Å². The van der Waals surface area contributed by atoms with Gasteiger partial charge in [0.05, 0.1) is 12.1 Å². The SMILES string of the molecule is CN1CCC(C(=O)N2CCC3(CC2)CN(c2cccc(F)c2)C(=O)CO3)CC1. The Bertz CT molecular complexity index is 740. The maximum atomic E-state index is 13.6. The van der Waals surface area contributed by atoms with Gasteiger partial charge in [0.1, 0.15) is 12.4 Å². The molecule has 3 fully saturated rings. The topological polar surface area (TPSA) is 53.1 Å². The molecule has 3 saturated heterocycles. The third-order valence-corrected chi connectivity index (χ3v) is 6.42. The smallest absolute Gasteiger partial charge is 0.253 e. The molecule has 1 aromatic carbocycles. The summed E-state index contributed by atoms with van der Waals surface area (Å²) < 4.78 is 19.6. The van der Waals surface area contributed by atoms with E-state index in [1.807, 2.05) is 4.90 Å². The number of ether oxygens (including phenoxy) is 1. The minimum absolute atomic E-state index is 0.000576. The number of hydrogen-bond acceptors (Lipinski definition) is 4. The Morgan fingerprint density at radius 2 is 1.89 bits per heavy atom. The standard InChI is InChI=1S/C21H28FN3O3/c1-23-9-5-16(6-10-23)20(27)24-11-7-21(8-12-24)15-25(19(26)14-28-21)18-4-2-3-17(22)13-18/h2-4,13,16H,5-12,14-15H2,1H3. The highest BCUT2D eigenvalue weighted by Crippen LogP contribution is 2.34. The molecule has 2 amide bonds. The van der Waals surface area contributed by atoms with Gasteiger partial charge in [0.2, 0.25) is 5.91 Å². The summed E-state index contributed by atoms with van der Waals surface area (Å²) in [6, 6.07) is 6.12. The van der Waals surface area contributed by atoms with Crippen molar-refractivity contribution in [2.24, 2.45) is 5.92 Å². The molecule has 1 aromatic rings. The van der Waals surface area contributed by atoms with Gasteiger partial charge in [-0.25, -0.2) is 4.39 Å². The quantitative estimate of drug-likeness (QED) is 0.775. The van der Waals surface area contributed by atoms with Crippen LogP contribution in [0.4, 0.5) is 10.1 Å². The highest BCUT2D eigenvalue weighted by atomic mass is 19.1. The molecule has 0 atom stereocenters. The van der Waals surface area contributed by atoms with Crippen LogP contribution in [0.2, 0.25) is 0 Å². The molecular weight excluding hydrogens is 361 g/mol. The van der Waals surface area contributed by atoms with Crippen LogP contribution in [-0.4, -0.2) is 73.6 Å². The molecule has 152 valence electrons. The number of rotatable bonds is 2. The summed E-state index contributed by atoms with van der Waals surface area (Å²) in [4.78, 5) is 31.1. The Kier molecular flexibility index (Phi) is 5.38. The Balaban J connectivity index is 1.39. The highest BCUT2D eigenvalue weighted by Gasteiger charge is 2.44. The lowest BCUT2D eigenvalue weighted by Crippen LogP contribution is -2.60. The van der Waals surface area contributed by atoms with Crippen LogP contribution in [0, 0.1) is 11.7 Å². The molecule has 3 aliphatic rings. The van der Waals surface area contributed by atoms with E-state index in [1.165, 1.54) is 12.1 Å². The molecule has 0 N–H and O–H groups in total. The molecule has 0 radical (unpaired) electrons. The Morgan fingerprint density at radius 3 is 2.57 bits per heavy atom. The number of nitrogens with zero attached hydrogens (tertiary/aromatic N) is 3. The number of hydrogen-bond donors (Lipinski definition) is 0. The molecule has 1 spiro atoms. The average molecular weight is 389 g/mol. The number of likely N-dealkylation sites (tertiary alicyclic amines) is 2. The van der Waals surface area contributed by atoms with Crippen molar-refractivity contribution in [3.8, 4) is 0 Å². The number of morpholine rings is 1. The summed E-state index contributed by atoms with van der Waals surface area (Å²) in [7, 11) is 2.09. The van der Waals surface area contributed by atoms with Crippen LogP contribution < -0.4 is 4.90 Å². The average Bonchev–Trinajstić information content (AvgIpc) is 2.71. The van der Waals surface area contributed by atoms with Crippen LogP contribution in [0.3, 0.4) is 0 Å². The van der Waals surface area contributed by atoms with Crippen LogP contribution in [0.5, 0.6) is 0 Å². The molecule has 4 rings (SSSR count). The van der Waals surface area contributed by atoms with Crippen molar-refractivity contribution in [3.05, 3.63) is 30.1 Å². The van der Waals surface area contributed by atoms with Gasteiger partial charge in [-0.2, -0.15) is 0 Å². The van der Waals surface area contributed by atoms with Crippen molar-refractivity contribution in [1.29, 1.82) is 0 Å². The third kappa shape index (κ3) is 3.91. The van der Waals surface area contributed by atoms with Crippen LogP contribution in [0.1, 0.15) is 25.7 Å². The Hall–Kier alpha value is -1.99. The summed E-state index contributed by atoms with van der Waals surface area (Å²) in [5, 5.41) is 0. The van der Waals surface area contributed by atoms with E-state index in [4.69, 9.17) is 4.74 Å². The Labute approximate surface area is 165 Å². The zero-order chi connectivity index (χ0) is 19.7. The highest BCUT2D eigenvalue weighted by molar-refractivity contribution is 5.95. The van der Waals surface area contributed by atoms with E-state index in [2.05, 4.69) is 11.9 Å². The fourth-order valence-corrected chi connectivity index (χ4v) is 4.54. The van der Waals surface area contributed by atoms with E-state index in [-0.39, 0.29) is 30.2 Å². The van der Waals surface area contributed by atoms with Gasteiger partial charge in [-0.05, 0) is 64.0 Å². The van der Waals surface area contributed by atoms with E-state index >= 15 is 0 Å². The minimum atomic E-state index is -0.455. The first-order valence-electron chi connectivity index (χ1n) is 10.1. The molecule has 0 unspecified atom stereocenters. The van der Waals surface area contributed by atoms with Gasteiger partial charge in [-0.15, -0.1) is 0 Å². The summed E-state index contributed by atoms with van der Waals surface area (Å²) in [6.07, 6.45) is 3.25. The number of anilines is 1. The molecule has 28 heavy (non-hydrogen) atoms. The van der Waals surface area contributed by atoms with Crippen molar-refractivity contribution in [2.75, 3.05) is 51.3 Å². The van der Waals surface area contributed by atoms with Gasteiger partial charge in [-0.3, -0.25) is 9.59 Å². The minimum Gasteiger partial charge on any atom is -0.363 e. The Morgan fingerprint density at radius 1 is 1.18 bits per heavy atom. The molecule has 0 aromatic heterocycles. The largest absolute Gasteiger partial charge is 0.363 e. The van der Waals surface area contributed by atoms with Gasteiger partial charge in [0.15, 0.2) is 0 Å². The normalized spacial score (nSPS) is 24.0. The van der Waals surface area contributed by atoms with Crippen LogP contribution in [0.15, 0.2) is 24.3 Å². The maximum Gasteiger partial charge on any atom is 0.253 e. The van der Waals surface area contributed by atoms with E-state index in [1.54, 1.807) is 17.0 Å². The first-order chi connectivity index (χ1) is 13.5. The van der Waals surface area contributed by atoms with Gasteiger partial charge >= 0.3 is 0 Å². The monoisotopic (exact) mass is 389 g/mol. The molecule has 6 nitrogen and oxygen atoms in total. The van der Waals surface area contributed by atoms with E-state index in [0.717, 1.165) is 25.9 Å². The van der Waals surface area contributed by atoms with Crippen molar-refractivity contribution < 1.29 is 18.7 Å². The van der Waals surface area contributed by atoms with Gasteiger partial charge in [0, 0.05) is 24.7 Å². The number of piperidine rings is 2. The van der Waals surface area contributed by atoms with Crippen molar-refractivity contribution in [3.63, 3.8) is 0 Å². The fourth-order valence-electron chi connectivity index (χ4n) is 4.54. The molecule has 7 heteroatoms. The molecule has 0 aliphatic carbocycles. The zero-order valence-corrected chi connectivity index (χ0v) is 16.4. The number of carbonyl (C=O) groups is 2. The second-order valence-electron chi connectivity index (χ2n) is 8.33. The summed E-state index contributed by atoms with van der Waals surface area (Å²) >= 11 is 0. The van der Waals surface area contributed by atoms with E-state index in [0.29, 0.717) is 38.2 Å².